The van der Waals surface area contributed by atoms with Crippen molar-refractivity contribution in [1.82, 2.24) is 10.2 Å². The number of carbonyl (C=O) groups excluding carboxylic acids is 2. The summed E-state index contributed by atoms with van der Waals surface area (Å²) in [6, 6.07) is 24.5. The first-order valence-electron chi connectivity index (χ1n) is 13.0. The van der Waals surface area contributed by atoms with Crippen LogP contribution >= 0.6 is 0 Å². The number of hydrogen-bond acceptors (Lipinski definition) is 4. The Balaban J connectivity index is 1.60. The van der Waals surface area contributed by atoms with E-state index in [-0.39, 0.29) is 24.5 Å². The van der Waals surface area contributed by atoms with Gasteiger partial charge in [0.05, 0.1) is 7.11 Å². The zero-order valence-electron chi connectivity index (χ0n) is 21.7. The molecule has 0 aliphatic heterocycles. The molecule has 37 heavy (non-hydrogen) atoms. The lowest BCUT2D eigenvalue weighted by molar-refractivity contribution is -0.143. The summed E-state index contributed by atoms with van der Waals surface area (Å²) < 4.78 is 11.1. The maximum Gasteiger partial charge on any atom is 0.261 e. The van der Waals surface area contributed by atoms with E-state index in [1.54, 1.807) is 36.3 Å². The van der Waals surface area contributed by atoms with Gasteiger partial charge >= 0.3 is 0 Å². The predicted molar refractivity (Wildman–Crippen MR) is 145 cm³/mol. The van der Waals surface area contributed by atoms with Gasteiger partial charge in [-0.05, 0) is 60.7 Å². The van der Waals surface area contributed by atoms with Gasteiger partial charge in [-0.1, -0.05) is 67.4 Å². The van der Waals surface area contributed by atoms with Crippen LogP contribution in [0.3, 0.4) is 0 Å². The molecule has 194 valence electrons. The van der Waals surface area contributed by atoms with Crippen LogP contribution in [-0.2, 0) is 22.6 Å². The van der Waals surface area contributed by atoms with E-state index in [0.717, 1.165) is 42.4 Å². The summed E-state index contributed by atoms with van der Waals surface area (Å²) in [6.07, 6.45) is 4.64. The molecule has 6 heteroatoms. The van der Waals surface area contributed by atoms with Crippen molar-refractivity contribution in [3.63, 3.8) is 0 Å². The fourth-order valence-electron chi connectivity index (χ4n) is 4.79. The number of hydrogen-bond donors (Lipinski definition) is 1. The number of aryl methyl sites for hydroxylation is 1. The fraction of sp³-hybridized carbons (Fsp3) is 0.355. The number of nitrogens with zero attached hydrogens (tertiary/aromatic N) is 1. The Kier molecular flexibility index (Phi) is 9.19. The van der Waals surface area contributed by atoms with Crippen LogP contribution in [-0.4, -0.2) is 42.5 Å². The Morgan fingerprint density at radius 3 is 2.24 bits per heavy atom. The largest absolute Gasteiger partial charge is 0.497 e. The van der Waals surface area contributed by atoms with Crippen LogP contribution in [0.1, 0.15) is 42.4 Å². The number of benzene rings is 3. The Labute approximate surface area is 219 Å². The number of carbonyl (C=O) groups is 2. The minimum Gasteiger partial charge on any atom is -0.497 e. The van der Waals surface area contributed by atoms with Gasteiger partial charge in [-0.25, -0.2) is 0 Å². The summed E-state index contributed by atoms with van der Waals surface area (Å²) in [5.74, 6) is 0.940. The lowest BCUT2D eigenvalue weighted by atomic mass is 10.0. The maximum absolute atomic E-state index is 13.7. The van der Waals surface area contributed by atoms with E-state index >= 15 is 0 Å². The highest BCUT2D eigenvalue weighted by Crippen LogP contribution is 2.22. The molecule has 1 N–H and O–H groups in total. The lowest BCUT2D eigenvalue weighted by Gasteiger charge is -2.32. The molecule has 0 aromatic heterocycles. The second kappa shape index (κ2) is 12.9. The smallest absolute Gasteiger partial charge is 0.261 e. The van der Waals surface area contributed by atoms with Gasteiger partial charge in [0.25, 0.3) is 5.91 Å². The third-order valence-electron chi connectivity index (χ3n) is 7.00. The van der Waals surface area contributed by atoms with Crippen LogP contribution in [0.5, 0.6) is 11.5 Å². The molecule has 3 aromatic rings. The molecule has 1 fully saturated rings. The topological polar surface area (TPSA) is 67.9 Å². The van der Waals surface area contributed by atoms with Gasteiger partial charge in [-0.15, -0.1) is 0 Å². The zero-order valence-corrected chi connectivity index (χ0v) is 21.7. The number of ether oxygens (including phenoxy) is 2. The van der Waals surface area contributed by atoms with Crippen molar-refractivity contribution in [2.45, 2.75) is 57.7 Å². The highest BCUT2D eigenvalue weighted by molar-refractivity contribution is 5.88. The maximum atomic E-state index is 13.7. The van der Waals surface area contributed by atoms with E-state index in [1.165, 1.54) is 0 Å². The first-order chi connectivity index (χ1) is 18.0. The molecule has 0 saturated heterocycles. The van der Waals surface area contributed by atoms with Gasteiger partial charge in [-0.3, -0.25) is 9.59 Å². The number of amides is 2. The molecule has 6 nitrogen and oxygen atoms in total. The van der Waals surface area contributed by atoms with Crippen molar-refractivity contribution in [2.24, 2.45) is 0 Å². The zero-order chi connectivity index (χ0) is 26.0. The van der Waals surface area contributed by atoms with Gasteiger partial charge < -0.3 is 19.7 Å². The second-order valence-corrected chi connectivity index (χ2v) is 9.61. The van der Waals surface area contributed by atoms with E-state index in [4.69, 9.17) is 9.47 Å². The SMILES string of the molecule is COc1ccc(OCC(=O)N(Cc2ccccc2C)[C@H](Cc2ccccc2)C(=O)NC2CCCC2)cc1. The molecule has 1 saturated carbocycles. The summed E-state index contributed by atoms with van der Waals surface area (Å²) in [5, 5.41) is 3.23. The molecule has 0 bridgehead atoms. The van der Waals surface area contributed by atoms with Crippen molar-refractivity contribution in [2.75, 3.05) is 13.7 Å². The van der Waals surface area contributed by atoms with Crippen LogP contribution < -0.4 is 14.8 Å². The van der Waals surface area contributed by atoms with Crippen LogP contribution in [0, 0.1) is 6.92 Å². The third-order valence-corrected chi connectivity index (χ3v) is 7.00. The van der Waals surface area contributed by atoms with Crippen molar-refractivity contribution in [3.8, 4) is 11.5 Å². The molecular weight excluding hydrogens is 464 g/mol. The van der Waals surface area contributed by atoms with Gasteiger partial charge in [0.15, 0.2) is 6.61 Å². The first-order valence-corrected chi connectivity index (χ1v) is 13.0. The first kappa shape index (κ1) is 26.3. The van der Waals surface area contributed by atoms with Crippen LogP contribution in [0.2, 0.25) is 0 Å². The fourth-order valence-corrected chi connectivity index (χ4v) is 4.79. The van der Waals surface area contributed by atoms with Crippen LogP contribution in [0.4, 0.5) is 0 Å². The Hall–Kier alpha value is -3.80. The van der Waals surface area contributed by atoms with E-state index in [0.29, 0.717) is 24.5 Å². The minimum absolute atomic E-state index is 0.109. The van der Waals surface area contributed by atoms with E-state index in [2.05, 4.69) is 5.32 Å². The van der Waals surface area contributed by atoms with Gasteiger partial charge in [0.2, 0.25) is 5.91 Å². The highest BCUT2D eigenvalue weighted by atomic mass is 16.5. The molecule has 1 aliphatic rings. The number of rotatable bonds is 11. The molecule has 2 amide bonds. The summed E-state index contributed by atoms with van der Waals surface area (Å²) in [4.78, 5) is 29.1. The summed E-state index contributed by atoms with van der Waals surface area (Å²) in [6.45, 7) is 2.18. The Morgan fingerprint density at radius 1 is 0.919 bits per heavy atom. The average molecular weight is 501 g/mol. The third kappa shape index (κ3) is 7.35. The molecular formula is C31H36N2O4. The summed E-state index contributed by atoms with van der Waals surface area (Å²) in [7, 11) is 1.60. The van der Waals surface area contributed by atoms with Crippen molar-refractivity contribution in [3.05, 3.63) is 95.6 Å². The van der Waals surface area contributed by atoms with E-state index in [1.807, 2.05) is 61.5 Å². The van der Waals surface area contributed by atoms with Gasteiger partial charge in [-0.2, -0.15) is 0 Å². The predicted octanol–water partition coefficient (Wildman–Crippen LogP) is 5.08. The quantitative estimate of drug-likeness (QED) is 0.399. The number of methoxy groups -OCH3 is 1. The molecule has 0 spiro atoms. The van der Waals surface area contributed by atoms with Crippen molar-refractivity contribution >= 4 is 11.8 Å². The average Bonchev–Trinajstić information content (AvgIpc) is 3.44. The highest BCUT2D eigenvalue weighted by Gasteiger charge is 2.32. The van der Waals surface area contributed by atoms with Gasteiger partial charge in [0.1, 0.15) is 17.5 Å². The monoisotopic (exact) mass is 500 g/mol. The molecule has 0 radical (unpaired) electrons. The van der Waals surface area contributed by atoms with Gasteiger partial charge in [0, 0.05) is 19.0 Å². The standard InChI is InChI=1S/C31H36N2O4/c1-23-10-6-7-13-25(23)21-33(30(34)22-37-28-18-16-27(36-2)17-19-28)29(20-24-11-4-3-5-12-24)31(35)32-26-14-8-9-15-26/h3-7,10-13,16-19,26,29H,8-9,14-15,20-22H2,1-2H3,(H,32,35)/t29-/m1/s1. The van der Waals surface area contributed by atoms with E-state index in [9.17, 15) is 9.59 Å². The summed E-state index contributed by atoms with van der Waals surface area (Å²) >= 11 is 0. The molecule has 1 atom stereocenters. The Bertz CT molecular complexity index is 1160. The van der Waals surface area contributed by atoms with E-state index < -0.39 is 6.04 Å². The second-order valence-electron chi connectivity index (χ2n) is 9.61. The van der Waals surface area contributed by atoms with Crippen LogP contribution in [0.15, 0.2) is 78.9 Å². The number of nitrogens with one attached hydrogen (secondary N) is 1. The molecule has 3 aromatic carbocycles. The molecule has 1 aliphatic carbocycles. The summed E-state index contributed by atoms with van der Waals surface area (Å²) in [5.41, 5.74) is 3.09. The normalized spacial score (nSPS) is 14.1. The lowest BCUT2D eigenvalue weighted by Crippen LogP contribution is -2.53. The van der Waals surface area contributed by atoms with Crippen molar-refractivity contribution < 1.29 is 19.1 Å². The molecule has 0 unspecified atom stereocenters. The minimum atomic E-state index is -0.658. The van der Waals surface area contributed by atoms with Crippen LogP contribution in [0.25, 0.3) is 0 Å². The molecule has 4 rings (SSSR count). The van der Waals surface area contributed by atoms with Crippen molar-refractivity contribution in [1.29, 1.82) is 0 Å². The Morgan fingerprint density at radius 2 is 1.57 bits per heavy atom. The molecule has 0 heterocycles.